The normalized spacial score (nSPS) is 15.4. The highest BCUT2D eigenvalue weighted by atomic mass is 16.5. The second-order valence-corrected chi connectivity index (χ2v) is 7.01. The Labute approximate surface area is 163 Å². The van der Waals surface area contributed by atoms with Gasteiger partial charge in [-0.25, -0.2) is 15.4 Å². The van der Waals surface area contributed by atoms with E-state index < -0.39 is 5.91 Å². The molecule has 0 spiro atoms. The summed E-state index contributed by atoms with van der Waals surface area (Å²) in [7, 11) is 0. The maximum absolute atomic E-state index is 11.4. The Kier molecular flexibility index (Phi) is 5.45. The van der Waals surface area contributed by atoms with Crippen molar-refractivity contribution < 1.29 is 10.0 Å². The van der Waals surface area contributed by atoms with Gasteiger partial charge in [0.2, 0.25) is 5.95 Å². The molecule has 4 rings (SSSR count). The molecule has 2 aromatic carbocycles. The third kappa shape index (κ3) is 4.11. The van der Waals surface area contributed by atoms with Crippen LogP contribution in [0.3, 0.4) is 0 Å². The Balaban J connectivity index is 1.39. The number of nitrogens with zero attached hydrogens (tertiary/aromatic N) is 4. The first-order valence-corrected chi connectivity index (χ1v) is 9.44. The second kappa shape index (κ2) is 8.33. The van der Waals surface area contributed by atoms with Gasteiger partial charge in [0.25, 0.3) is 5.91 Å². The van der Waals surface area contributed by atoms with E-state index in [1.807, 2.05) is 0 Å². The minimum atomic E-state index is -0.607. The molecule has 2 heterocycles. The van der Waals surface area contributed by atoms with E-state index in [1.54, 1.807) is 5.48 Å². The van der Waals surface area contributed by atoms with Crippen LogP contribution >= 0.6 is 0 Å². The molecular formula is C21H23N5O2. The molecule has 0 bridgehead atoms. The van der Waals surface area contributed by atoms with E-state index in [0.29, 0.717) is 5.95 Å². The first kappa shape index (κ1) is 18.3. The number of anilines is 1. The number of rotatable bonds is 4. The van der Waals surface area contributed by atoms with Crippen molar-refractivity contribution in [3.63, 3.8) is 0 Å². The lowest BCUT2D eigenvalue weighted by Crippen LogP contribution is -2.31. The molecule has 144 valence electrons. The van der Waals surface area contributed by atoms with E-state index in [1.165, 1.54) is 28.7 Å². The van der Waals surface area contributed by atoms with E-state index in [-0.39, 0.29) is 5.56 Å². The molecule has 0 unspecified atom stereocenters. The summed E-state index contributed by atoms with van der Waals surface area (Å²) in [5.74, 6) is 0.00558. The molecule has 7 nitrogen and oxygen atoms in total. The first-order chi connectivity index (χ1) is 13.7. The van der Waals surface area contributed by atoms with Gasteiger partial charge in [-0.3, -0.25) is 14.9 Å². The van der Waals surface area contributed by atoms with Crippen LogP contribution in [0.2, 0.25) is 0 Å². The average Bonchev–Trinajstić information content (AvgIpc) is 2.99. The van der Waals surface area contributed by atoms with Crippen molar-refractivity contribution in [3.8, 4) is 0 Å². The quantitative estimate of drug-likeness (QED) is 0.537. The summed E-state index contributed by atoms with van der Waals surface area (Å²) in [4.78, 5) is 24.6. The zero-order valence-corrected chi connectivity index (χ0v) is 15.6. The predicted octanol–water partition coefficient (Wildman–Crippen LogP) is 2.46. The number of benzene rings is 2. The fraction of sp³-hybridized carbons (Fsp3) is 0.286. The smallest absolute Gasteiger partial charge is 0.277 e. The summed E-state index contributed by atoms with van der Waals surface area (Å²) >= 11 is 0. The zero-order chi connectivity index (χ0) is 19.3. The molecule has 28 heavy (non-hydrogen) atoms. The minimum absolute atomic E-state index is 0.235. The van der Waals surface area contributed by atoms with Gasteiger partial charge >= 0.3 is 0 Å². The van der Waals surface area contributed by atoms with Crippen molar-refractivity contribution in [1.82, 2.24) is 20.3 Å². The highest BCUT2D eigenvalue weighted by Gasteiger charge is 2.17. The van der Waals surface area contributed by atoms with Crippen molar-refractivity contribution in [1.29, 1.82) is 0 Å². The van der Waals surface area contributed by atoms with E-state index in [4.69, 9.17) is 5.21 Å². The van der Waals surface area contributed by atoms with Gasteiger partial charge in [-0.15, -0.1) is 0 Å². The van der Waals surface area contributed by atoms with Crippen LogP contribution in [0.1, 0.15) is 22.3 Å². The van der Waals surface area contributed by atoms with Gasteiger partial charge in [-0.05, 0) is 28.8 Å². The molecule has 0 atom stereocenters. The van der Waals surface area contributed by atoms with Gasteiger partial charge in [0.15, 0.2) is 0 Å². The maximum Gasteiger partial charge on any atom is 0.277 e. The average molecular weight is 377 g/mol. The SMILES string of the molecule is O=C(NO)c1cnc(N2CCCN(Cc3ccc4ccccc4c3)CC2)nc1. The molecule has 7 heteroatoms. The van der Waals surface area contributed by atoms with Gasteiger partial charge < -0.3 is 4.90 Å². The fourth-order valence-electron chi connectivity index (χ4n) is 3.59. The van der Waals surface area contributed by atoms with Crippen molar-refractivity contribution in [3.05, 3.63) is 66.0 Å². The summed E-state index contributed by atoms with van der Waals surface area (Å²) in [5.41, 5.74) is 3.15. The number of hydrogen-bond donors (Lipinski definition) is 2. The molecule has 1 aromatic heterocycles. The topological polar surface area (TPSA) is 81.6 Å². The molecule has 0 saturated carbocycles. The summed E-state index contributed by atoms with van der Waals surface area (Å²) in [6.45, 7) is 4.58. The van der Waals surface area contributed by atoms with E-state index in [9.17, 15) is 4.79 Å². The monoisotopic (exact) mass is 377 g/mol. The lowest BCUT2D eigenvalue weighted by atomic mass is 10.1. The van der Waals surface area contributed by atoms with Crippen LogP contribution < -0.4 is 10.4 Å². The lowest BCUT2D eigenvalue weighted by molar-refractivity contribution is 0.0705. The number of hydrogen-bond acceptors (Lipinski definition) is 6. The standard InChI is InChI=1S/C21H23N5O2/c27-20(24-28)19-13-22-21(23-14-19)26-9-3-8-25(10-11-26)15-16-6-7-17-4-1-2-5-18(17)12-16/h1-2,4-7,12-14,28H,3,8-11,15H2,(H,24,27). The Hall–Kier alpha value is -3.03. The predicted molar refractivity (Wildman–Crippen MR) is 107 cm³/mol. The maximum atomic E-state index is 11.4. The van der Waals surface area contributed by atoms with Crippen LogP contribution in [0.25, 0.3) is 10.8 Å². The van der Waals surface area contributed by atoms with Crippen molar-refractivity contribution in [2.45, 2.75) is 13.0 Å². The summed E-state index contributed by atoms with van der Waals surface area (Å²) in [6, 6.07) is 15.1. The Morgan fingerprint density at radius 2 is 1.79 bits per heavy atom. The van der Waals surface area contributed by atoms with Crippen LogP contribution in [0.15, 0.2) is 54.9 Å². The van der Waals surface area contributed by atoms with Gasteiger partial charge in [0, 0.05) is 45.1 Å². The number of fused-ring (bicyclic) bond motifs is 1. The summed E-state index contributed by atoms with van der Waals surface area (Å²) < 4.78 is 0. The Morgan fingerprint density at radius 3 is 2.57 bits per heavy atom. The number of nitrogens with one attached hydrogen (secondary N) is 1. The first-order valence-electron chi connectivity index (χ1n) is 9.44. The number of amides is 1. The second-order valence-electron chi connectivity index (χ2n) is 7.01. The molecule has 3 aromatic rings. The van der Waals surface area contributed by atoms with Crippen LogP contribution in [0.5, 0.6) is 0 Å². The largest absolute Gasteiger partial charge is 0.339 e. The lowest BCUT2D eigenvalue weighted by Gasteiger charge is -2.22. The Morgan fingerprint density at radius 1 is 1.00 bits per heavy atom. The van der Waals surface area contributed by atoms with Crippen molar-refractivity contribution in [2.24, 2.45) is 0 Å². The number of carbonyl (C=O) groups is 1. The van der Waals surface area contributed by atoms with Gasteiger partial charge in [0.1, 0.15) is 0 Å². The molecule has 2 N–H and O–H groups in total. The van der Waals surface area contributed by atoms with Crippen molar-refractivity contribution >= 4 is 22.6 Å². The zero-order valence-electron chi connectivity index (χ0n) is 15.6. The number of carbonyl (C=O) groups excluding carboxylic acids is 1. The highest BCUT2D eigenvalue weighted by molar-refractivity contribution is 5.92. The van der Waals surface area contributed by atoms with Gasteiger partial charge in [-0.1, -0.05) is 36.4 Å². The molecule has 1 aliphatic heterocycles. The fourth-order valence-corrected chi connectivity index (χ4v) is 3.59. The van der Waals surface area contributed by atoms with E-state index in [0.717, 1.165) is 39.1 Å². The molecule has 1 saturated heterocycles. The highest BCUT2D eigenvalue weighted by Crippen LogP contribution is 2.18. The van der Waals surface area contributed by atoms with E-state index in [2.05, 4.69) is 62.2 Å². The van der Waals surface area contributed by atoms with Crippen molar-refractivity contribution in [2.75, 3.05) is 31.1 Å². The minimum Gasteiger partial charge on any atom is -0.339 e. The Bertz CT molecular complexity index is 960. The number of hydroxylamine groups is 1. The van der Waals surface area contributed by atoms with Crippen LogP contribution in [0, 0.1) is 0 Å². The third-order valence-corrected chi connectivity index (χ3v) is 5.09. The van der Waals surface area contributed by atoms with Gasteiger partial charge in [-0.2, -0.15) is 0 Å². The van der Waals surface area contributed by atoms with E-state index >= 15 is 0 Å². The third-order valence-electron chi connectivity index (χ3n) is 5.09. The molecular weight excluding hydrogens is 354 g/mol. The molecule has 0 aliphatic carbocycles. The summed E-state index contributed by atoms with van der Waals surface area (Å²) in [6.07, 6.45) is 3.90. The summed E-state index contributed by atoms with van der Waals surface area (Å²) in [5, 5.41) is 11.2. The van der Waals surface area contributed by atoms with Gasteiger partial charge in [0.05, 0.1) is 5.56 Å². The molecule has 1 aliphatic rings. The molecule has 1 amide bonds. The molecule has 1 fully saturated rings. The number of aromatic nitrogens is 2. The van der Waals surface area contributed by atoms with Crippen LogP contribution in [0.4, 0.5) is 5.95 Å². The molecule has 0 radical (unpaired) electrons. The van der Waals surface area contributed by atoms with Crippen LogP contribution in [-0.2, 0) is 6.54 Å². The van der Waals surface area contributed by atoms with Crippen LogP contribution in [-0.4, -0.2) is 52.2 Å².